The van der Waals surface area contributed by atoms with E-state index in [4.69, 9.17) is 9.15 Å². The van der Waals surface area contributed by atoms with Crippen LogP contribution < -0.4 is 10.1 Å². The first kappa shape index (κ1) is 10.4. The smallest absolute Gasteiger partial charge is 0.180 e. The van der Waals surface area contributed by atoms with Gasteiger partial charge < -0.3 is 14.5 Å². The molecule has 1 aliphatic heterocycles. The summed E-state index contributed by atoms with van der Waals surface area (Å²) in [5.74, 6) is 1.86. The number of rotatable bonds is 4. The molecular weight excluding hydrogens is 216 g/mol. The summed E-state index contributed by atoms with van der Waals surface area (Å²) < 4.78 is 11.0. The first-order valence-corrected chi connectivity index (χ1v) is 5.74. The highest BCUT2D eigenvalue weighted by atomic mass is 16.5. The summed E-state index contributed by atoms with van der Waals surface area (Å²) in [5.41, 5.74) is 1.29. The van der Waals surface area contributed by atoms with E-state index in [-0.39, 0.29) is 6.10 Å². The van der Waals surface area contributed by atoms with Crippen molar-refractivity contribution in [2.45, 2.75) is 19.1 Å². The minimum atomic E-state index is 0.218. The van der Waals surface area contributed by atoms with Gasteiger partial charge in [0.2, 0.25) is 0 Å². The van der Waals surface area contributed by atoms with Crippen molar-refractivity contribution in [2.24, 2.45) is 0 Å². The van der Waals surface area contributed by atoms with E-state index < -0.39 is 0 Å². The molecule has 0 aliphatic carbocycles. The number of fused-ring (bicyclic) bond motifs is 1. The number of oxazole rings is 1. The predicted molar refractivity (Wildman–Crippen MR) is 62.8 cm³/mol. The van der Waals surface area contributed by atoms with Gasteiger partial charge in [-0.15, -0.1) is 0 Å². The topological polar surface area (TPSA) is 47.3 Å². The molecule has 0 spiro atoms. The molecule has 2 heterocycles. The molecule has 0 amide bonds. The normalized spacial score (nSPS) is 17.8. The zero-order valence-electron chi connectivity index (χ0n) is 9.43. The van der Waals surface area contributed by atoms with Gasteiger partial charge in [0, 0.05) is 13.0 Å². The Morgan fingerprint density at radius 1 is 1.35 bits per heavy atom. The second-order valence-electron chi connectivity index (χ2n) is 4.15. The van der Waals surface area contributed by atoms with Crippen LogP contribution in [-0.4, -0.2) is 17.6 Å². The number of nitrogens with zero attached hydrogens (tertiary/aromatic N) is 1. The van der Waals surface area contributed by atoms with E-state index in [1.165, 1.54) is 12.0 Å². The lowest BCUT2D eigenvalue weighted by atomic mass is 10.1. The van der Waals surface area contributed by atoms with Crippen LogP contribution in [0.2, 0.25) is 0 Å². The Bertz CT molecular complexity index is 457. The van der Waals surface area contributed by atoms with Crippen molar-refractivity contribution in [3.05, 3.63) is 48.2 Å². The summed E-state index contributed by atoms with van der Waals surface area (Å²) in [5, 5.41) is 3.31. The van der Waals surface area contributed by atoms with Crippen molar-refractivity contribution in [3.8, 4) is 5.75 Å². The number of hydrogen-bond donors (Lipinski definition) is 1. The van der Waals surface area contributed by atoms with Crippen molar-refractivity contribution < 1.29 is 9.15 Å². The Hall–Kier alpha value is -1.81. The fraction of sp³-hybridized carbons (Fsp3) is 0.308. The molecule has 1 atom stereocenters. The first-order valence-electron chi connectivity index (χ1n) is 5.74. The van der Waals surface area contributed by atoms with Crippen molar-refractivity contribution in [2.75, 3.05) is 6.54 Å². The fourth-order valence-corrected chi connectivity index (χ4v) is 2.05. The van der Waals surface area contributed by atoms with Gasteiger partial charge in [-0.05, 0) is 11.6 Å². The van der Waals surface area contributed by atoms with Gasteiger partial charge in [-0.25, -0.2) is 4.98 Å². The highest BCUT2D eigenvalue weighted by Gasteiger charge is 2.21. The van der Waals surface area contributed by atoms with Gasteiger partial charge in [-0.3, -0.25) is 0 Å². The molecule has 4 heteroatoms. The van der Waals surface area contributed by atoms with Gasteiger partial charge in [-0.1, -0.05) is 18.2 Å². The van der Waals surface area contributed by atoms with Crippen LogP contribution in [0.15, 0.2) is 41.3 Å². The highest BCUT2D eigenvalue weighted by Crippen LogP contribution is 2.27. The van der Waals surface area contributed by atoms with Crippen LogP contribution >= 0.6 is 0 Å². The van der Waals surface area contributed by atoms with E-state index in [1.807, 2.05) is 18.2 Å². The summed E-state index contributed by atoms with van der Waals surface area (Å²) in [7, 11) is 0. The minimum Gasteiger partial charge on any atom is -0.488 e. The molecule has 88 valence electrons. The third-order valence-corrected chi connectivity index (χ3v) is 2.87. The summed E-state index contributed by atoms with van der Waals surface area (Å²) in [6.45, 7) is 1.51. The lowest BCUT2D eigenvalue weighted by Gasteiger charge is -2.10. The van der Waals surface area contributed by atoms with Gasteiger partial charge >= 0.3 is 0 Å². The average molecular weight is 230 g/mol. The Morgan fingerprint density at radius 2 is 2.29 bits per heavy atom. The van der Waals surface area contributed by atoms with Gasteiger partial charge in [0.05, 0.1) is 12.7 Å². The van der Waals surface area contributed by atoms with E-state index >= 15 is 0 Å². The maximum atomic E-state index is 5.82. The monoisotopic (exact) mass is 230 g/mol. The van der Waals surface area contributed by atoms with E-state index in [2.05, 4.69) is 16.4 Å². The van der Waals surface area contributed by atoms with Crippen molar-refractivity contribution in [3.63, 3.8) is 0 Å². The fourth-order valence-electron chi connectivity index (χ4n) is 2.05. The molecule has 4 nitrogen and oxygen atoms in total. The molecule has 0 saturated carbocycles. The van der Waals surface area contributed by atoms with E-state index in [9.17, 15) is 0 Å². The van der Waals surface area contributed by atoms with E-state index in [0.29, 0.717) is 6.54 Å². The molecule has 0 bridgehead atoms. The van der Waals surface area contributed by atoms with Crippen LogP contribution in [0.3, 0.4) is 0 Å². The number of hydrogen-bond acceptors (Lipinski definition) is 4. The second-order valence-corrected chi connectivity index (χ2v) is 4.15. The number of para-hydroxylation sites is 1. The summed E-state index contributed by atoms with van der Waals surface area (Å²) in [6, 6.07) is 8.19. The number of aromatic nitrogens is 1. The van der Waals surface area contributed by atoms with Gasteiger partial charge in [0.15, 0.2) is 6.39 Å². The average Bonchev–Trinajstić information content (AvgIpc) is 2.96. The SMILES string of the molecule is c1ccc2c(c1)CC(CNCc1cnco1)O2. The number of benzene rings is 1. The molecule has 1 aliphatic rings. The summed E-state index contributed by atoms with van der Waals surface area (Å²) in [4.78, 5) is 3.87. The molecular formula is C13H14N2O2. The number of nitrogens with one attached hydrogen (secondary N) is 1. The second kappa shape index (κ2) is 4.59. The van der Waals surface area contributed by atoms with Gasteiger partial charge in [0.25, 0.3) is 0 Å². The first-order chi connectivity index (χ1) is 8.42. The third kappa shape index (κ3) is 2.31. The molecule has 1 N–H and O–H groups in total. The van der Waals surface area contributed by atoms with Crippen LogP contribution in [0, 0.1) is 0 Å². The van der Waals surface area contributed by atoms with Crippen molar-refractivity contribution in [1.82, 2.24) is 10.3 Å². The molecule has 0 radical (unpaired) electrons. The number of ether oxygens (including phenoxy) is 1. The molecule has 1 aromatic carbocycles. The van der Waals surface area contributed by atoms with Crippen LogP contribution in [0.4, 0.5) is 0 Å². The summed E-state index contributed by atoms with van der Waals surface area (Å²) in [6.07, 6.45) is 4.35. The Morgan fingerprint density at radius 3 is 3.12 bits per heavy atom. The quantitative estimate of drug-likeness (QED) is 0.869. The third-order valence-electron chi connectivity index (χ3n) is 2.87. The van der Waals surface area contributed by atoms with Crippen LogP contribution in [0.1, 0.15) is 11.3 Å². The molecule has 2 aromatic rings. The molecule has 0 saturated heterocycles. The molecule has 3 rings (SSSR count). The van der Waals surface area contributed by atoms with E-state index in [0.717, 1.165) is 24.5 Å². The molecule has 17 heavy (non-hydrogen) atoms. The molecule has 1 aromatic heterocycles. The van der Waals surface area contributed by atoms with E-state index in [1.54, 1.807) is 6.20 Å². The van der Waals surface area contributed by atoms with Crippen LogP contribution in [-0.2, 0) is 13.0 Å². The van der Waals surface area contributed by atoms with Gasteiger partial charge in [0.1, 0.15) is 17.6 Å². The Balaban J connectivity index is 1.49. The lowest BCUT2D eigenvalue weighted by Crippen LogP contribution is -2.29. The van der Waals surface area contributed by atoms with Gasteiger partial charge in [-0.2, -0.15) is 0 Å². The maximum absolute atomic E-state index is 5.82. The minimum absolute atomic E-state index is 0.218. The van der Waals surface area contributed by atoms with Crippen LogP contribution in [0.5, 0.6) is 5.75 Å². The standard InChI is InChI=1S/C13H14N2O2/c1-2-4-13-10(3-1)5-11(17-13)6-14-7-12-8-15-9-16-12/h1-4,8-9,11,14H,5-7H2. The largest absolute Gasteiger partial charge is 0.488 e. The predicted octanol–water partition coefficient (Wildman–Crippen LogP) is 1.77. The Kier molecular flexibility index (Phi) is 2.80. The lowest BCUT2D eigenvalue weighted by molar-refractivity contribution is 0.226. The van der Waals surface area contributed by atoms with Crippen molar-refractivity contribution >= 4 is 0 Å². The van der Waals surface area contributed by atoms with Crippen molar-refractivity contribution in [1.29, 1.82) is 0 Å². The Labute approximate surface area is 99.6 Å². The zero-order chi connectivity index (χ0) is 11.5. The molecule has 1 unspecified atom stereocenters. The highest BCUT2D eigenvalue weighted by molar-refractivity contribution is 5.37. The summed E-state index contributed by atoms with van der Waals surface area (Å²) >= 11 is 0. The molecule has 0 fully saturated rings. The zero-order valence-corrected chi connectivity index (χ0v) is 9.43. The maximum Gasteiger partial charge on any atom is 0.180 e. The van der Waals surface area contributed by atoms with Crippen LogP contribution in [0.25, 0.3) is 0 Å².